The molecule has 0 spiro atoms. The first-order valence-electron chi connectivity index (χ1n) is 12.5. The van der Waals surface area contributed by atoms with E-state index in [4.69, 9.17) is 25.8 Å². The minimum atomic E-state index is -0.622. The maximum atomic E-state index is 12.5. The molecule has 36 heavy (non-hydrogen) atoms. The molecule has 1 saturated heterocycles. The largest absolute Gasteiger partial charge is 0.464 e. The molecule has 0 saturated carbocycles. The number of esters is 1. The van der Waals surface area contributed by atoms with Crippen molar-refractivity contribution in [2.75, 3.05) is 39.5 Å². The van der Waals surface area contributed by atoms with Gasteiger partial charge in [0, 0.05) is 30.7 Å². The van der Waals surface area contributed by atoms with Crippen molar-refractivity contribution in [3.63, 3.8) is 0 Å². The Balaban J connectivity index is 1.54. The molecule has 0 aromatic heterocycles. The van der Waals surface area contributed by atoms with Crippen LogP contribution in [0.1, 0.15) is 39.2 Å². The van der Waals surface area contributed by atoms with Gasteiger partial charge in [0.25, 0.3) is 0 Å². The van der Waals surface area contributed by atoms with Crippen LogP contribution in [0.3, 0.4) is 0 Å². The zero-order valence-electron chi connectivity index (χ0n) is 21.4. The minimum absolute atomic E-state index is 0.0863. The van der Waals surface area contributed by atoms with Gasteiger partial charge in [-0.2, -0.15) is 0 Å². The van der Waals surface area contributed by atoms with Crippen LogP contribution >= 0.6 is 11.6 Å². The van der Waals surface area contributed by atoms with E-state index in [1.807, 2.05) is 45.0 Å². The number of rotatable bonds is 10. The lowest BCUT2D eigenvalue weighted by Crippen LogP contribution is -2.41. The van der Waals surface area contributed by atoms with E-state index in [2.05, 4.69) is 34.5 Å². The lowest BCUT2D eigenvalue weighted by Gasteiger charge is -2.26. The molecule has 1 fully saturated rings. The number of carbonyl (C=O) groups excluding carboxylic acids is 2. The summed E-state index contributed by atoms with van der Waals surface area (Å²) in [4.78, 5) is 27.1. The van der Waals surface area contributed by atoms with Gasteiger partial charge in [-0.25, -0.2) is 4.79 Å². The number of hydrogen-bond acceptors (Lipinski definition) is 6. The molecule has 1 atom stereocenters. The Hall–Kier alpha value is -2.61. The van der Waals surface area contributed by atoms with E-state index in [9.17, 15) is 9.59 Å². The molecule has 0 bridgehead atoms. The number of ether oxygens (including phenoxy) is 3. The predicted molar refractivity (Wildman–Crippen MR) is 141 cm³/mol. The Morgan fingerprint density at radius 3 is 2.47 bits per heavy atom. The van der Waals surface area contributed by atoms with Crippen molar-refractivity contribution in [2.45, 2.75) is 51.7 Å². The fraction of sp³-hybridized carbons (Fsp3) is 0.500. The number of nitrogens with zero attached hydrogens (tertiary/aromatic N) is 1. The molecule has 8 heteroatoms. The quantitative estimate of drug-likeness (QED) is 0.443. The number of alkyl carbamates (subject to hydrolysis) is 1. The van der Waals surface area contributed by atoms with Crippen molar-refractivity contribution in [2.24, 2.45) is 0 Å². The highest BCUT2D eigenvalue weighted by Crippen LogP contribution is 2.23. The smallest absolute Gasteiger partial charge is 0.407 e. The highest BCUT2D eigenvalue weighted by molar-refractivity contribution is 6.30. The topological polar surface area (TPSA) is 77.1 Å². The summed E-state index contributed by atoms with van der Waals surface area (Å²) in [6.45, 7) is 9.52. The van der Waals surface area contributed by atoms with Gasteiger partial charge >= 0.3 is 12.1 Å². The van der Waals surface area contributed by atoms with Crippen molar-refractivity contribution in [3.05, 3.63) is 59.1 Å². The SMILES string of the molecule is CC(C)(C)OC(=O)N[C@H](CCc1ccc(-c2cccc(Cl)c2)cc1)CC(=O)OCCN1CCOCC1. The molecular weight excluding hydrogens is 480 g/mol. The van der Waals surface area contributed by atoms with Gasteiger partial charge in [-0.3, -0.25) is 9.69 Å². The van der Waals surface area contributed by atoms with Gasteiger partial charge in [-0.1, -0.05) is 48.0 Å². The molecule has 7 nitrogen and oxygen atoms in total. The van der Waals surface area contributed by atoms with Crippen LogP contribution in [0.5, 0.6) is 0 Å². The molecule has 0 radical (unpaired) electrons. The highest BCUT2D eigenvalue weighted by Gasteiger charge is 2.22. The van der Waals surface area contributed by atoms with Crippen LogP contribution in [0, 0.1) is 0 Å². The third kappa shape index (κ3) is 10.2. The van der Waals surface area contributed by atoms with Crippen LogP contribution < -0.4 is 5.32 Å². The first kappa shape index (κ1) is 28.0. The molecule has 1 aliphatic rings. The Labute approximate surface area is 219 Å². The molecule has 0 aliphatic carbocycles. The predicted octanol–water partition coefficient (Wildman–Crippen LogP) is 5.10. The first-order chi connectivity index (χ1) is 17.2. The number of aryl methyl sites for hydroxylation is 1. The molecule has 3 rings (SSSR count). The van der Waals surface area contributed by atoms with E-state index in [1.165, 1.54) is 0 Å². The molecule has 196 valence electrons. The number of morpholine rings is 1. The minimum Gasteiger partial charge on any atom is -0.464 e. The summed E-state index contributed by atoms with van der Waals surface area (Å²) in [5.41, 5.74) is 2.62. The lowest BCUT2D eigenvalue weighted by atomic mass is 9.99. The van der Waals surface area contributed by atoms with Gasteiger partial charge in [0.1, 0.15) is 12.2 Å². The molecule has 2 aromatic carbocycles. The first-order valence-corrected chi connectivity index (χ1v) is 12.9. The van der Waals surface area contributed by atoms with Gasteiger partial charge in [0.15, 0.2) is 0 Å². The van der Waals surface area contributed by atoms with Crippen LogP contribution in [0.2, 0.25) is 5.02 Å². The van der Waals surface area contributed by atoms with E-state index >= 15 is 0 Å². The van der Waals surface area contributed by atoms with E-state index in [1.54, 1.807) is 0 Å². The molecule has 1 heterocycles. The highest BCUT2D eigenvalue weighted by atomic mass is 35.5. The summed E-state index contributed by atoms with van der Waals surface area (Å²) in [5, 5.41) is 3.55. The maximum Gasteiger partial charge on any atom is 0.407 e. The normalized spacial score (nSPS) is 15.2. The van der Waals surface area contributed by atoms with Gasteiger partial charge < -0.3 is 19.5 Å². The monoisotopic (exact) mass is 516 g/mol. The standard InChI is InChI=1S/C28H37ClN2O5/c1-28(2,3)36-27(33)30-25(20-26(32)35-18-15-31-13-16-34-17-14-31)12-9-21-7-10-22(11-8-21)23-5-4-6-24(29)19-23/h4-8,10-11,19,25H,9,12-18,20H2,1-3H3,(H,30,33)/t25-/m1/s1. The molecule has 2 aromatic rings. The summed E-state index contributed by atoms with van der Waals surface area (Å²) >= 11 is 6.11. The van der Waals surface area contributed by atoms with E-state index < -0.39 is 17.7 Å². The van der Waals surface area contributed by atoms with Crippen molar-refractivity contribution >= 4 is 23.7 Å². The van der Waals surface area contributed by atoms with Crippen molar-refractivity contribution in [1.82, 2.24) is 10.2 Å². The molecular formula is C28H37ClN2O5. The summed E-state index contributed by atoms with van der Waals surface area (Å²) in [6, 6.07) is 15.6. The number of amides is 1. The number of benzene rings is 2. The number of carbonyl (C=O) groups is 2. The molecule has 0 unspecified atom stereocenters. The summed E-state index contributed by atoms with van der Waals surface area (Å²) in [6.07, 6.45) is 0.819. The third-order valence-electron chi connectivity index (χ3n) is 5.80. The van der Waals surface area contributed by atoms with Gasteiger partial charge in [0.05, 0.1) is 19.6 Å². The van der Waals surface area contributed by atoms with E-state index in [0.29, 0.717) is 44.2 Å². The zero-order valence-corrected chi connectivity index (χ0v) is 22.2. The van der Waals surface area contributed by atoms with Crippen LogP contribution in [0.15, 0.2) is 48.5 Å². The summed E-state index contributed by atoms with van der Waals surface area (Å²) in [7, 11) is 0. The average Bonchev–Trinajstić information content (AvgIpc) is 2.82. The lowest BCUT2D eigenvalue weighted by molar-refractivity contribution is -0.144. The summed E-state index contributed by atoms with van der Waals surface area (Å²) < 4.78 is 16.2. The van der Waals surface area contributed by atoms with Crippen LogP contribution in [0.25, 0.3) is 11.1 Å². The van der Waals surface area contributed by atoms with E-state index in [-0.39, 0.29) is 12.4 Å². The number of nitrogens with one attached hydrogen (secondary N) is 1. The molecule has 1 N–H and O–H groups in total. The number of halogens is 1. The second kappa shape index (κ2) is 13.6. The van der Waals surface area contributed by atoms with Crippen LogP contribution in [0.4, 0.5) is 4.79 Å². The van der Waals surface area contributed by atoms with Crippen LogP contribution in [-0.4, -0.2) is 68.1 Å². The second-order valence-electron chi connectivity index (χ2n) is 9.97. The van der Waals surface area contributed by atoms with Crippen LogP contribution in [-0.2, 0) is 25.4 Å². The van der Waals surface area contributed by atoms with Gasteiger partial charge in [-0.15, -0.1) is 0 Å². The molecule has 1 amide bonds. The number of hydrogen-bond donors (Lipinski definition) is 1. The Morgan fingerprint density at radius 2 is 1.81 bits per heavy atom. The fourth-order valence-electron chi connectivity index (χ4n) is 3.95. The van der Waals surface area contributed by atoms with Gasteiger partial charge in [-0.05, 0) is 62.4 Å². The maximum absolute atomic E-state index is 12.5. The Kier molecular flexibility index (Phi) is 10.6. The van der Waals surface area contributed by atoms with Crippen molar-refractivity contribution in [1.29, 1.82) is 0 Å². The van der Waals surface area contributed by atoms with Crippen molar-refractivity contribution in [3.8, 4) is 11.1 Å². The van der Waals surface area contributed by atoms with E-state index in [0.717, 1.165) is 29.8 Å². The zero-order chi connectivity index (χ0) is 26.0. The Morgan fingerprint density at radius 1 is 1.08 bits per heavy atom. The molecule has 1 aliphatic heterocycles. The summed E-state index contributed by atoms with van der Waals surface area (Å²) in [5.74, 6) is -0.333. The Bertz CT molecular complexity index is 984. The van der Waals surface area contributed by atoms with Crippen molar-refractivity contribution < 1.29 is 23.8 Å². The van der Waals surface area contributed by atoms with Gasteiger partial charge in [0.2, 0.25) is 0 Å². The third-order valence-corrected chi connectivity index (χ3v) is 6.04. The second-order valence-corrected chi connectivity index (χ2v) is 10.4. The average molecular weight is 517 g/mol. The fourth-order valence-corrected chi connectivity index (χ4v) is 4.14.